The SMILES string of the molecule is C=CCCCC(CCCC=C)(CC1CC(C)O1)CC1CC(C)O1. The van der Waals surface area contributed by atoms with Gasteiger partial charge in [0.05, 0.1) is 24.4 Å². The second kappa shape index (κ2) is 9.03. The summed E-state index contributed by atoms with van der Waals surface area (Å²) in [5, 5.41) is 0. The largest absolute Gasteiger partial charge is 0.375 e. The Bertz CT molecular complexity index is 328. The van der Waals surface area contributed by atoms with Crippen LogP contribution in [0.15, 0.2) is 25.3 Å². The minimum Gasteiger partial charge on any atom is -0.375 e. The normalized spacial score (nSPS) is 30.3. The Morgan fingerprint density at radius 2 is 1.26 bits per heavy atom. The van der Waals surface area contributed by atoms with Crippen molar-refractivity contribution >= 4 is 0 Å². The number of unbranched alkanes of at least 4 members (excludes halogenated alkanes) is 2. The highest BCUT2D eigenvalue weighted by molar-refractivity contribution is 4.92. The predicted molar refractivity (Wildman–Crippen MR) is 97.7 cm³/mol. The average molecular weight is 321 g/mol. The lowest BCUT2D eigenvalue weighted by atomic mass is 9.68. The molecule has 2 aliphatic heterocycles. The summed E-state index contributed by atoms with van der Waals surface area (Å²) in [5.41, 5.74) is 0.377. The molecular formula is C21H36O2. The molecule has 0 saturated carbocycles. The topological polar surface area (TPSA) is 18.5 Å². The Balaban J connectivity index is 1.98. The molecule has 2 heterocycles. The van der Waals surface area contributed by atoms with Crippen LogP contribution < -0.4 is 0 Å². The van der Waals surface area contributed by atoms with Gasteiger partial charge < -0.3 is 9.47 Å². The summed E-state index contributed by atoms with van der Waals surface area (Å²) < 4.78 is 12.0. The van der Waals surface area contributed by atoms with Gasteiger partial charge in [-0.25, -0.2) is 0 Å². The summed E-state index contributed by atoms with van der Waals surface area (Å²) >= 11 is 0. The Kier molecular flexibility index (Phi) is 7.36. The minimum absolute atomic E-state index is 0.377. The zero-order valence-electron chi connectivity index (χ0n) is 15.3. The molecule has 0 spiro atoms. The smallest absolute Gasteiger partial charge is 0.0608 e. The minimum atomic E-state index is 0.377. The fourth-order valence-corrected chi connectivity index (χ4v) is 4.46. The van der Waals surface area contributed by atoms with Crippen molar-refractivity contribution < 1.29 is 9.47 Å². The maximum Gasteiger partial charge on any atom is 0.0608 e. The van der Waals surface area contributed by atoms with E-state index in [0.717, 1.165) is 12.8 Å². The van der Waals surface area contributed by atoms with Gasteiger partial charge in [-0.2, -0.15) is 0 Å². The van der Waals surface area contributed by atoms with Gasteiger partial charge in [0.15, 0.2) is 0 Å². The number of hydrogen-bond donors (Lipinski definition) is 0. The molecule has 2 saturated heterocycles. The second-order valence-electron chi connectivity index (χ2n) is 7.88. The van der Waals surface area contributed by atoms with E-state index >= 15 is 0 Å². The van der Waals surface area contributed by atoms with Crippen molar-refractivity contribution in [3.8, 4) is 0 Å². The first kappa shape index (κ1) is 18.7. The van der Waals surface area contributed by atoms with Crippen LogP contribution in [0.2, 0.25) is 0 Å². The highest BCUT2D eigenvalue weighted by Gasteiger charge is 2.41. The van der Waals surface area contributed by atoms with E-state index in [1.807, 2.05) is 0 Å². The lowest BCUT2D eigenvalue weighted by Gasteiger charge is -2.46. The second-order valence-corrected chi connectivity index (χ2v) is 7.88. The summed E-state index contributed by atoms with van der Waals surface area (Å²) in [5.74, 6) is 0. The van der Waals surface area contributed by atoms with Crippen molar-refractivity contribution in [1.82, 2.24) is 0 Å². The van der Waals surface area contributed by atoms with Gasteiger partial charge in [0.25, 0.3) is 0 Å². The molecule has 23 heavy (non-hydrogen) atoms. The van der Waals surface area contributed by atoms with E-state index in [-0.39, 0.29) is 0 Å². The third-order valence-corrected chi connectivity index (χ3v) is 5.59. The van der Waals surface area contributed by atoms with E-state index in [1.54, 1.807) is 0 Å². The number of ether oxygens (including phenoxy) is 2. The van der Waals surface area contributed by atoms with Gasteiger partial charge in [0, 0.05) is 0 Å². The summed E-state index contributed by atoms with van der Waals surface area (Å²) in [6, 6.07) is 0. The van der Waals surface area contributed by atoms with Gasteiger partial charge in [0.1, 0.15) is 0 Å². The summed E-state index contributed by atoms with van der Waals surface area (Å²) in [6.07, 6.45) is 18.1. The van der Waals surface area contributed by atoms with Crippen molar-refractivity contribution in [3.63, 3.8) is 0 Å². The average Bonchev–Trinajstić information content (AvgIpc) is 2.45. The zero-order chi connectivity index (χ0) is 16.7. The summed E-state index contributed by atoms with van der Waals surface area (Å²) in [7, 11) is 0. The maximum atomic E-state index is 5.98. The molecule has 4 atom stereocenters. The van der Waals surface area contributed by atoms with Gasteiger partial charge in [-0.1, -0.05) is 12.2 Å². The molecule has 0 aromatic heterocycles. The predicted octanol–water partition coefficient (Wildman–Crippen LogP) is 5.82. The van der Waals surface area contributed by atoms with Gasteiger partial charge in [-0.3, -0.25) is 0 Å². The quantitative estimate of drug-likeness (QED) is 0.333. The molecule has 2 aliphatic rings. The van der Waals surface area contributed by atoms with E-state index in [9.17, 15) is 0 Å². The highest BCUT2D eigenvalue weighted by Crippen LogP contribution is 2.46. The van der Waals surface area contributed by atoms with Crippen LogP contribution in [-0.2, 0) is 9.47 Å². The van der Waals surface area contributed by atoms with Crippen molar-refractivity contribution in [1.29, 1.82) is 0 Å². The zero-order valence-corrected chi connectivity index (χ0v) is 15.3. The Hall–Kier alpha value is -0.600. The summed E-state index contributed by atoms with van der Waals surface area (Å²) in [4.78, 5) is 0. The molecule has 0 aromatic carbocycles. The van der Waals surface area contributed by atoms with E-state index in [2.05, 4.69) is 39.2 Å². The van der Waals surface area contributed by atoms with Gasteiger partial charge in [-0.05, 0) is 83.5 Å². The molecule has 2 heteroatoms. The molecule has 2 nitrogen and oxygen atoms in total. The first-order chi connectivity index (χ1) is 11.1. The third kappa shape index (κ3) is 5.76. The Labute approximate surface area is 143 Å². The van der Waals surface area contributed by atoms with E-state index in [0.29, 0.717) is 29.8 Å². The van der Waals surface area contributed by atoms with Gasteiger partial charge in [-0.15, -0.1) is 13.2 Å². The van der Waals surface area contributed by atoms with Crippen LogP contribution in [0, 0.1) is 5.41 Å². The van der Waals surface area contributed by atoms with Crippen LogP contribution in [0.1, 0.15) is 78.1 Å². The lowest BCUT2D eigenvalue weighted by molar-refractivity contribution is -0.159. The van der Waals surface area contributed by atoms with Crippen LogP contribution in [0.4, 0.5) is 0 Å². The first-order valence-electron chi connectivity index (χ1n) is 9.59. The molecule has 0 N–H and O–H groups in total. The van der Waals surface area contributed by atoms with Crippen LogP contribution >= 0.6 is 0 Å². The molecule has 0 bridgehead atoms. The monoisotopic (exact) mass is 320 g/mol. The van der Waals surface area contributed by atoms with Crippen molar-refractivity contribution in [2.45, 2.75) is 102 Å². The van der Waals surface area contributed by atoms with Crippen LogP contribution in [0.5, 0.6) is 0 Å². The molecule has 132 valence electrons. The molecule has 0 amide bonds. The van der Waals surface area contributed by atoms with E-state index in [1.165, 1.54) is 51.4 Å². The van der Waals surface area contributed by atoms with Gasteiger partial charge >= 0.3 is 0 Å². The van der Waals surface area contributed by atoms with E-state index < -0.39 is 0 Å². The molecule has 2 rings (SSSR count). The lowest BCUT2D eigenvalue weighted by Crippen LogP contribution is -2.44. The van der Waals surface area contributed by atoms with Gasteiger partial charge in [0.2, 0.25) is 0 Å². The van der Waals surface area contributed by atoms with Crippen molar-refractivity contribution in [3.05, 3.63) is 25.3 Å². The molecule has 0 aromatic rings. The molecule has 0 aliphatic carbocycles. The molecule has 0 radical (unpaired) electrons. The van der Waals surface area contributed by atoms with Crippen molar-refractivity contribution in [2.75, 3.05) is 0 Å². The van der Waals surface area contributed by atoms with Crippen LogP contribution in [-0.4, -0.2) is 24.4 Å². The van der Waals surface area contributed by atoms with Crippen LogP contribution in [0.25, 0.3) is 0 Å². The molecular weight excluding hydrogens is 284 g/mol. The third-order valence-electron chi connectivity index (χ3n) is 5.59. The van der Waals surface area contributed by atoms with Crippen LogP contribution in [0.3, 0.4) is 0 Å². The first-order valence-corrected chi connectivity index (χ1v) is 9.59. The Morgan fingerprint density at radius 1 is 0.870 bits per heavy atom. The number of hydrogen-bond acceptors (Lipinski definition) is 2. The highest BCUT2D eigenvalue weighted by atomic mass is 16.5. The molecule has 2 fully saturated rings. The fourth-order valence-electron chi connectivity index (χ4n) is 4.46. The Morgan fingerprint density at radius 3 is 1.57 bits per heavy atom. The fraction of sp³-hybridized carbons (Fsp3) is 0.810. The number of allylic oxidation sites excluding steroid dienone is 2. The number of rotatable bonds is 12. The van der Waals surface area contributed by atoms with Crippen molar-refractivity contribution in [2.24, 2.45) is 5.41 Å². The maximum absolute atomic E-state index is 5.98. The standard InChI is InChI=1S/C21H36O2/c1-5-7-9-11-21(12-10-8-6-2,15-19-13-17(3)22-19)16-20-14-18(4)23-20/h5-6,17-20H,1-2,7-16H2,3-4H3. The molecule has 4 unspecified atom stereocenters. The van der Waals surface area contributed by atoms with E-state index in [4.69, 9.17) is 9.47 Å². The summed E-state index contributed by atoms with van der Waals surface area (Å²) in [6.45, 7) is 12.1.